The maximum Gasteiger partial charge on any atom is 0.408 e. The Bertz CT molecular complexity index is 2060. The molecule has 5 aliphatic rings. The molecular formula is C42H54ClN7O8S. The van der Waals surface area contributed by atoms with Gasteiger partial charge in [0.1, 0.15) is 58.5 Å². The second-order valence-electron chi connectivity index (χ2n) is 17.8. The van der Waals surface area contributed by atoms with Gasteiger partial charge in [-0.3, -0.25) is 14.6 Å². The van der Waals surface area contributed by atoms with Crippen molar-refractivity contribution in [1.82, 2.24) is 25.8 Å². The van der Waals surface area contributed by atoms with Crippen molar-refractivity contribution in [2.24, 2.45) is 28.2 Å². The number of pyridine rings is 1. The summed E-state index contributed by atoms with van der Waals surface area (Å²) in [6, 6.07) is 4.90. The summed E-state index contributed by atoms with van der Waals surface area (Å²) in [6.45, 7) is 11.3. The summed E-state index contributed by atoms with van der Waals surface area (Å²) in [5.41, 5.74) is -0.987. The van der Waals surface area contributed by atoms with E-state index in [1.807, 2.05) is 53.7 Å². The van der Waals surface area contributed by atoms with Gasteiger partial charge in [0.15, 0.2) is 11.8 Å². The van der Waals surface area contributed by atoms with Crippen LogP contribution in [-0.4, -0.2) is 101 Å². The van der Waals surface area contributed by atoms with Crippen molar-refractivity contribution >= 4 is 63.3 Å². The van der Waals surface area contributed by atoms with Gasteiger partial charge in [-0.15, -0.1) is 0 Å². The first-order valence-corrected chi connectivity index (χ1v) is 21.9. The molecule has 1 saturated heterocycles. The first-order valence-electron chi connectivity index (χ1n) is 20.5. The average Bonchev–Trinajstić information content (AvgIpc) is 3.85. The van der Waals surface area contributed by atoms with Crippen LogP contribution in [0.4, 0.5) is 4.79 Å². The molecule has 5 unspecified atom stereocenters. The van der Waals surface area contributed by atoms with Gasteiger partial charge in [-0.05, 0) is 74.8 Å². The lowest BCUT2D eigenvalue weighted by atomic mass is 9.85. The fourth-order valence-electron chi connectivity index (χ4n) is 8.76. The molecule has 3 amide bonds. The number of carbonyl (C=O) groups excluding carboxylic acids is 4. The molecule has 3 heterocycles. The highest BCUT2D eigenvalue weighted by Gasteiger charge is 2.62. The normalized spacial score (nSPS) is 28.6. The third-order valence-corrected chi connectivity index (χ3v) is 13.4. The summed E-state index contributed by atoms with van der Waals surface area (Å²) in [7, 11) is 1.29. The van der Waals surface area contributed by atoms with E-state index < -0.39 is 53.0 Å². The van der Waals surface area contributed by atoms with Crippen molar-refractivity contribution in [3.63, 3.8) is 0 Å². The fraction of sp³-hybridized carbons (Fsp3) is 0.643. The molecule has 3 saturated carbocycles. The predicted molar refractivity (Wildman–Crippen MR) is 222 cm³/mol. The summed E-state index contributed by atoms with van der Waals surface area (Å²) in [4.78, 5) is 66.8. The summed E-state index contributed by atoms with van der Waals surface area (Å²) in [6.07, 6.45) is 2.41. The van der Waals surface area contributed by atoms with E-state index in [0.29, 0.717) is 52.8 Å². The molecule has 0 radical (unpaired) electrons. The fourth-order valence-corrected chi connectivity index (χ4v) is 10.1. The third-order valence-electron chi connectivity index (χ3n) is 12.0. The monoisotopic (exact) mass is 851 g/mol. The number of hydrogen-bond acceptors (Lipinski definition) is 13. The minimum atomic E-state index is -1.19. The number of hydrogen-bond donors (Lipinski definition) is 3. The highest BCUT2D eigenvalue weighted by Crippen LogP contribution is 2.52. The van der Waals surface area contributed by atoms with Gasteiger partial charge in [-0.25, -0.2) is 14.6 Å². The number of fused-ring (bicyclic) bond motifs is 2. The van der Waals surface area contributed by atoms with Crippen molar-refractivity contribution in [3.8, 4) is 17.6 Å². The Morgan fingerprint density at radius 3 is 2.49 bits per heavy atom. The number of esters is 1. The topological polar surface area (TPSA) is 194 Å². The lowest BCUT2D eigenvalue weighted by molar-refractivity contribution is -0.148. The second-order valence-corrected chi connectivity index (χ2v) is 19.2. The number of rotatable bonds is 13. The molecule has 9 atom stereocenters. The van der Waals surface area contributed by atoms with Crippen LogP contribution in [0.25, 0.3) is 10.9 Å². The van der Waals surface area contributed by atoms with Crippen LogP contribution in [-0.2, 0) is 23.9 Å². The summed E-state index contributed by atoms with van der Waals surface area (Å²) < 4.78 is 23.3. The van der Waals surface area contributed by atoms with Gasteiger partial charge < -0.3 is 39.8 Å². The second kappa shape index (κ2) is 16.9. The maximum atomic E-state index is 14.8. The van der Waals surface area contributed by atoms with E-state index in [4.69, 9.17) is 45.8 Å². The number of nitrogens with zero attached hydrogens (tertiary/aromatic N) is 4. The summed E-state index contributed by atoms with van der Waals surface area (Å²) in [5, 5.41) is 19.9. The van der Waals surface area contributed by atoms with Crippen LogP contribution >= 0.6 is 23.4 Å². The van der Waals surface area contributed by atoms with Gasteiger partial charge in [0.25, 0.3) is 0 Å². The number of nitriles is 1. The number of ether oxygens (including phenoxy) is 4. The molecule has 4 fully saturated rings. The van der Waals surface area contributed by atoms with Crippen LogP contribution in [0.3, 0.4) is 0 Å². The van der Waals surface area contributed by atoms with Gasteiger partial charge in [0, 0.05) is 29.7 Å². The molecule has 3 aliphatic carbocycles. The molecule has 2 aromatic rings. The number of nitrogens with one attached hydrogen (secondary N) is 3. The number of aromatic nitrogens is 1. The smallest absolute Gasteiger partial charge is 0.408 e. The molecular weight excluding hydrogens is 798 g/mol. The van der Waals surface area contributed by atoms with Gasteiger partial charge in [0.05, 0.1) is 24.9 Å². The van der Waals surface area contributed by atoms with E-state index in [2.05, 4.69) is 16.0 Å². The van der Waals surface area contributed by atoms with Crippen molar-refractivity contribution in [3.05, 3.63) is 28.9 Å². The number of halogens is 1. The first kappa shape index (κ1) is 42.6. The Morgan fingerprint density at radius 1 is 1.10 bits per heavy atom. The molecule has 2 aliphatic heterocycles. The average molecular weight is 852 g/mol. The Morgan fingerprint density at radius 2 is 1.85 bits per heavy atom. The van der Waals surface area contributed by atoms with Crippen LogP contribution < -0.4 is 25.4 Å². The molecule has 15 nitrogen and oxygen atoms in total. The molecule has 17 heteroatoms. The maximum absolute atomic E-state index is 14.8. The number of alkyl carbamates (subject to hydrolysis) is 1. The quantitative estimate of drug-likeness (QED) is 0.209. The molecule has 1 aromatic carbocycles. The molecule has 59 heavy (non-hydrogen) atoms. The Kier molecular flexibility index (Phi) is 12.2. The van der Waals surface area contributed by atoms with E-state index >= 15 is 0 Å². The van der Waals surface area contributed by atoms with Gasteiger partial charge >= 0.3 is 12.1 Å². The predicted octanol–water partition coefficient (Wildman–Crippen LogP) is 5.68. The van der Waals surface area contributed by atoms with E-state index in [-0.39, 0.29) is 54.5 Å². The Hall–Kier alpha value is -4.49. The van der Waals surface area contributed by atoms with Crippen molar-refractivity contribution in [2.75, 3.05) is 26.0 Å². The van der Waals surface area contributed by atoms with E-state index in [1.54, 1.807) is 23.9 Å². The number of aliphatic imine (C=N–C) groups is 1. The minimum absolute atomic E-state index is 0.00915. The molecule has 1 aromatic heterocycles. The first-order chi connectivity index (χ1) is 28.0. The van der Waals surface area contributed by atoms with Crippen molar-refractivity contribution in [2.45, 2.75) is 122 Å². The van der Waals surface area contributed by atoms with E-state index in [0.717, 1.165) is 18.0 Å². The number of thioether (sulfide) groups is 1. The van der Waals surface area contributed by atoms with Crippen molar-refractivity contribution < 1.29 is 38.1 Å². The number of carbonyl (C=O) groups is 4. The van der Waals surface area contributed by atoms with Crippen LogP contribution in [0.5, 0.6) is 11.5 Å². The molecule has 7 rings (SSSR count). The van der Waals surface area contributed by atoms with Crippen LogP contribution in [0.2, 0.25) is 5.02 Å². The largest absolute Gasteiger partial charge is 0.488 e. The minimum Gasteiger partial charge on any atom is -0.488 e. The zero-order valence-corrected chi connectivity index (χ0v) is 36.2. The highest BCUT2D eigenvalue weighted by atomic mass is 35.5. The van der Waals surface area contributed by atoms with Crippen LogP contribution in [0.1, 0.15) is 91.8 Å². The number of methoxy groups -OCH3 is 1. The Labute approximate surface area is 354 Å². The molecule has 0 spiro atoms. The van der Waals surface area contributed by atoms with Gasteiger partial charge in [-0.1, -0.05) is 57.5 Å². The molecule has 318 valence electrons. The Balaban J connectivity index is 1.20. The standard InChI is InChI=1S/C42H54ClN7O8S/c1-8-24-18-42(24,38(53)55-7)49-36(51)30-16-26(19-50(30)37(52)35(41(4,5)6)48-40(54)58-25-14-22-13-23(22)15-25)57-32-17-28(29-20-59-39(47-29)45-21(2)3)46-34-27(32)9-10-31(33(34)43)56-12-11-44/h9-10,17,21-26,29-30,35H,8,12-16,18-20H2,1-7H3,(H,45,47)(H,48,54)(H,49,51)/t22-,23?,24+,25?,26-,29?,30-,35?,42?/m0/s1. The van der Waals surface area contributed by atoms with Crippen molar-refractivity contribution in [1.29, 1.82) is 5.26 Å². The number of amidine groups is 1. The zero-order valence-electron chi connectivity index (χ0n) is 34.6. The number of benzene rings is 1. The lowest BCUT2D eigenvalue weighted by Crippen LogP contribution is -2.59. The lowest BCUT2D eigenvalue weighted by Gasteiger charge is -2.35. The van der Waals surface area contributed by atoms with Crippen LogP contribution in [0, 0.1) is 34.5 Å². The number of amides is 3. The van der Waals surface area contributed by atoms with Gasteiger partial charge in [-0.2, -0.15) is 5.26 Å². The third kappa shape index (κ3) is 9.01. The number of likely N-dealkylation sites (tertiary alicyclic amines) is 1. The summed E-state index contributed by atoms with van der Waals surface area (Å²) >= 11 is 8.47. The molecule has 3 N–H and O–H groups in total. The van der Waals surface area contributed by atoms with E-state index in [1.165, 1.54) is 18.4 Å². The molecule has 0 bridgehead atoms. The van der Waals surface area contributed by atoms with Gasteiger partial charge in [0.2, 0.25) is 11.8 Å². The zero-order chi connectivity index (χ0) is 42.4. The van der Waals surface area contributed by atoms with E-state index in [9.17, 15) is 19.2 Å². The summed E-state index contributed by atoms with van der Waals surface area (Å²) in [5.74, 6) is 0.881. The SMILES string of the molecule is CC[C@@H]1CC1(NC(=O)[C@@H]1C[C@H](Oc2cc(C3CSC(NC(C)C)=N3)nc3c(Cl)c(OCC#N)ccc23)CN1C(=O)C(NC(=O)OC1CC2C[C@H]2C1)C(C)(C)C)C(=O)OC. The highest BCUT2D eigenvalue weighted by molar-refractivity contribution is 8.14. The van der Waals surface area contributed by atoms with Crippen LogP contribution in [0.15, 0.2) is 23.2 Å².